The van der Waals surface area contributed by atoms with Gasteiger partial charge in [0.25, 0.3) is 0 Å². The number of piperidine rings is 1. The lowest BCUT2D eigenvalue weighted by molar-refractivity contribution is 0.201. The number of aromatic nitrogens is 1. The summed E-state index contributed by atoms with van der Waals surface area (Å²) in [6, 6.07) is 17.9. The number of nitrogens with zero attached hydrogens (tertiary/aromatic N) is 2. The Morgan fingerprint density at radius 1 is 1.08 bits per heavy atom. The number of amides is 2. The number of rotatable bonds is 3. The quantitative estimate of drug-likeness (QED) is 0.700. The highest BCUT2D eigenvalue weighted by atomic mass is 32.2. The highest BCUT2D eigenvalue weighted by molar-refractivity contribution is 8.01. The van der Waals surface area contributed by atoms with Crippen molar-refractivity contribution >= 4 is 45.0 Å². The van der Waals surface area contributed by atoms with Crippen LogP contribution >= 0.6 is 23.1 Å². The Morgan fingerprint density at radius 3 is 2.56 bits per heavy atom. The van der Waals surface area contributed by atoms with Crippen LogP contribution in [0.4, 0.5) is 10.5 Å². The number of benzene rings is 2. The molecule has 0 saturated carbocycles. The molecule has 3 aromatic rings. The number of carbonyl (C=O) groups is 1. The van der Waals surface area contributed by atoms with Gasteiger partial charge in [-0.2, -0.15) is 0 Å². The molecule has 4 nitrogen and oxygen atoms in total. The van der Waals surface area contributed by atoms with Gasteiger partial charge >= 0.3 is 6.03 Å². The summed E-state index contributed by atoms with van der Waals surface area (Å²) in [6.07, 6.45) is 2.01. The van der Waals surface area contributed by atoms with E-state index in [2.05, 4.69) is 23.5 Å². The van der Waals surface area contributed by atoms with Crippen LogP contribution in [-0.4, -0.2) is 34.3 Å². The average molecular weight is 370 g/mol. The first-order chi connectivity index (χ1) is 12.3. The highest BCUT2D eigenvalue weighted by Crippen LogP contribution is 2.35. The number of nitrogens with one attached hydrogen (secondary N) is 1. The summed E-state index contributed by atoms with van der Waals surface area (Å²) < 4.78 is 2.37. The SMILES string of the molecule is O=C(Nc1ccccc1)N1CCC(Sc2nc3ccccc3s2)CC1. The molecule has 0 bridgehead atoms. The number of hydrogen-bond donors (Lipinski definition) is 1. The normalized spacial score (nSPS) is 15.4. The number of para-hydroxylation sites is 2. The van der Waals surface area contributed by atoms with E-state index < -0.39 is 0 Å². The van der Waals surface area contributed by atoms with Gasteiger partial charge in [0.2, 0.25) is 0 Å². The molecule has 0 unspecified atom stereocenters. The second-order valence-electron chi connectivity index (χ2n) is 6.05. The second-order valence-corrected chi connectivity index (χ2v) is 8.63. The van der Waals surface area contributed by atoms with Crippen LogP contribution in [0.15, 0.2) is 58.9 Å². The molecule has 1 fully saturated rings. The van der Waals surface area contributed by atoms with Crippen LogP contribution in [0.2, 0.25) is 0 Å². The topological polar surface area (TPSA) is 45.2 Å². The summed E-state index contributed by atoms with van der Waals surface area (Å²) in [5.41, 5.74) is 1.92. The van der Waals surface area contributed by atoms with Gasteiger partial charge in [0.05, 0.1) is 10.2 Å². The number of thioether (sulfide) groups is 1. The van der Waals surface area contributed by atoms with Crippen molar-refractivity contribution in [1.29, 1.82) is 0 Å². The molecule has 1 aliphatic heterocycles. The van der Waals surface area contributed by atoms with Gasteiger partial charge in [-0.3, -0.25) is 0 Å². The van der Waals surface area contributed by atoms with Crippen LogP contribution in [0.3, 0.4) is 0 Å². The Balaban J connectivity index is 1.31. The van der Waals surface area contributed by atoms with E-state index in [4.69, 9.17) is 4.98 Å². The molecule has 4 rings (SSSR count). The molecule has 0 aliphatic carbocycles. The molecule has 128 valence electrons. The van der Waals surface area contributed by atoms with E-state index in [1.165, 1.54) is 4.70 Å². The lowest BCUT2D eigenvalue weighted by Gasteiger charge is -2.31. The number of urea groups is 1. The molecule has 2 amide bonds. The van der Waals surface area contributed by atoms with Crippen LogP contribution in [0, 0.1) is 0 Å². The van der Waals surface area contributed by atoms with Gasteiger partial charge in [-0.15, -0.1) is 11.3 Å². The van der Waals surface area contributed by atoms with E-state index in [0.717, 1.165) is 41.5 Å². The average Bonchev–Trinajstić information content (AvgIpc) is 3.05. The Kier molecular flexibility index (Phi) is 4.90. The zero-order valence-corrected chi connectivity index (χ0v) is 15.4. The molecule has 2 aromatic carbocycles. The van der Waals surface area contributed by atoms with Gasteiger partial charge in [0.1, 0.15) is 0 Å². The van der Waals surface area contributed by atoms with E-state index in [0.29, 0.717) is 5.25 Å². The molecular weight excluding hydrogens is 350 g/mol. The first kappa shape index (κ1) is 16.4. The lowest BCUT2D eigenvalue weighted by Crippen LogP contribution is -2.41. The van der Waals surface area contributed by atoms with Crippen molar-refractivity contribution in [2.75, 3.05) is 18.4 Å². The fraction of sp³-hybridized carbons (Fsp3) is 0.263. The van der Waals surface area contributed by atoms with Crippen molar-refractivity contribution in [2.24, 2.45) is 0 Å². The summed E-state index contributed by atoms with van der Waals surface area (Å²) in [5, 5.41) is 3.49. The lowest BCUT2D eigenvalue weighted by atomic mass is 10.1. The van der Waals surface area contributed by atoms with Crippen LogP contribution in [0.5, 0.6) is 0 Å². The van der Waals surface area contributed by atoms with Gasteiger partial charge in [-0.05, 0) is 37.1 Å². The molecular formula is C19H19N3OS2. The molecule has 1 N–H and O–H groups in total. The summed E-state index contributed by atoms with van der Waals surface area (Å²) in [5.74, 6) is 0. The summed E-state index contributed by atoms with van der Waals surface area (Å²) in [6.45, 7) is 1.59. The Morgan fingerprint density at radius 2 is 1.80 bits per heavy atom. The number of carbonyl (C=O) groups excluding carboxylic acids is 1. The van der Waals surface area contributed by atoms with Crippen LogP contribution in [-0.2, 0) is 0 Å². The second kappa shape index (κ2) is 7.45. The molecule has 0 spiro atoms. The molecule has 2 heterocycles. The van der Waals surface area contributed by atoms with Crippen molar-refractivity contribution in [1.82, 2.24) is 9.88 Å². The van der Waals surface area contributed by atoms with Gasteiger partial charge in [0.15, 0.2) is 4.34 Å². The summed E-state index contributed by atoms with van der Waals surface area (Å²) in [4.78, 5) is 19.0. The smallest absolute Gasteiger partial charge is 0.321 e. The third-order valence-corrected chi connectivity index (χ3v) is 6.76. The number of anilines is 1. The first-order valence-corrected chi connectivity index (χ1v) is 10.1. The number of likely N-dealkylation sites (tertiary alicyclic amines) is 1. The van der Waals surface area contributed by atoms with E-state index in [-0.39, 0.29) is 6.03 Å². The van der Waals surface area contributed by atoms with Gasteiger partial charge in [-0.25, -0.2) is 9.78 Å². The molecule has 0 atom stereocenters. The largest absolute Gasteiger partial charge is 0.324 e. The molecule has 1 aliphatic rings. The van der Waals surface area contributed by atoms with Crippen LogP contribution in [0.25, 0.3) is 10.2 Å². The predicted octanol–water partition coefficient (Wildman–Crippen LogP) is 5.08. The van der Waals surface area contributed by atoms with Crippen molar-refractivity contribution in [3.63, 3.8) is 0 Å². The Bertz CT molecular complexity index is 824. The molecule has 6 heteroatoms. The Labute approximate surface area is 155 Å². The van der Waals surface area contributed by atoms with E-state index in [1.807, 2.05) is 53.1 Å². The molecule has 25 heavy (non-hydrogen) atoms. The summed E-state index contributed by atoms with van der Waals surface area (Å²) in [7, 11) is 0. The first-order valence-electron chi connectivity index (χ1n) is 8.41. The zero-order chi connectivity index (χ0) is 17.1. The maximum absolute atomic E-state index is 12.3. The van der Waals surface area contributed by atoms with Crippen LogP contribution in [0.1, 0.15) is 12.8 Å². The zero-order valence-electron chi connectivity index (χ0n) is 13.7. The maximum atomic E-state index is 12.3. The maximum Gasteiger partial charge on any atom is 0.321 e. The van der Waals surface area contributed by atoms with Crippen molar-refractivity contribution in [3.05, 3.63) is 54.6 Å². The van der Waals surface area contributed by atoms with Crippen molar-refractivity contribution < 1.29 is 4.79 Å². The number of hydrogen-bond acceptors (Lipinski definition) is 4. The predicted molar refractivity (Wildman–Crippen MR) is 106 cm³/mol. The van der Waals surface area contributed by atoms with Gasteiger partial charge in [0, 0.05) is 24.0 Å². The fourth-order valence-electron chi connectivity index (χ4n) is 2.94. The fourth-order valence-corrected chi connectivity index (χ4v) is 5.39. The van der Waals surface area contributed by atoms with E-state index in [9.17, 15) is 4.79 Å². The molecule has 1 saturated heterocycles. The minimum atomic E-state index is -0.00497. The highest BCUT2D eigenvalue weighted by Gasteiger charge is 2.24. The van der Waals surface area contributed by atoms with E-state index in [1.54, 1.807) is 11.3 Å². The third kappa shape index (κ3) is 3.96. The van der Waals surface area contributed by atoms with Crippen molar-refractivity contribution in [3.8, 4) is 0 Å². The minimum absolute atomic E-state index is 0.00497. The molecule has 1 aromatic heterocycles. The van der Waals surface area contributed by atoms with E-state index >= 15 is 0 Å². The third-order valence-electron chi connectivity index (χ3n) is 4.30. The van der Waals surface area contributed by atoms with Crippen LogP contribution < -0.4 is 5.32 Å². The summed E-state index contributed by atoms with van der Waals surface area (Å²) >= 11 is 3.62. The molecule has 0 radical (unpaired) electrons. The monoisotopic (exact) mass is 369 g/mol. The van der Waals surface area contributed by atoms with Gasteiger partial charge in [-0.1, -0.05) is 42.1 Å². The number of thiazole rings is 1. The minimum Gasteiger partial charge on any atom is -0.324 e. The number of fused-ring (bicyclic) bond motifs is 1. The standard InChI is InChI=1S/C19H19N3OS2/c23-18(20-14-6-2-1-3-7-14)22-12-10-15(11-13-22)24-19-21-16-8-4-5-9-17(16)25-19/h1-9,15H,10-13H2,(H,20,23). The van der Waals surface area contributed by atoms with Crippen molar-refractivity contribution in [2.45, 2.75) is 22.4 Å². The van der Waals surface area contributed by atoms with Gasteiger partial charge < -0.3 is 10.2 Å². The Hall–Kier alpha value is -2.05.